The van der Waals surface area contributed by atoms with Gasteiger partial charge >= 0.3 is 0 Å². The van der Waals surface area contributed by atoms with E-state index in [9.17, 15) is 4.79 Å². The second-order valence-corrected chi connectivity index (χ2v) is 9.28. The molecule has 1 aromatic heterocycles. The molecule has 3 heterocycles. The number of rotatable bonds is 4. The minimum Gasteiger partial charge on any atom is -0.336 e. The summed E-state index contributed by atoms with van der Waals surface area (Å²) in [7, 11) is 0. The molecule has 1 unspecified atom stereocenters. The molecule has 2 aromatic carbocycles. The number of likely N-dealkylation sites (tertiary alicyclic amines) is 1. The molecule has 1 atom stereocenters. The SMILES string of the molecule is O=C(Cc1ccccc1)N1Cc2ccccc2CC2(CCCCN2Cc2ccccn2)C1. The highest BCUT2D eigenvalue weighted by atomic mass is 16.2. The highest BCUT2D eigenvalue weighted by Gasteiger charge is 2.43. The molecule has 1 spiro atoms. The van der Waals surface area contributed by atoms with Crippen molar-refractivity contribution in [1.82, 2.24) is 14.8 Å². The fourth-order valence-corrected chi connectivity index (χ4v) is 5.44. The molecule has 0 bridgehead atoms. The molecule has 2 aliphatic heterocycles. The molecule has 5 rings (SSSR count). The Balaban J connectivity index is 1.47. The Morgan fingerprint density at radius 2 is 1.69 bits per heavy atom. The standard InChI is InChI=1S/C28H31N3O/c32-27(18-23-10-2-1-3-11-23)30-20-25-13-5-4-12-24(25)19-28(22-30)15-7-9-17-31(28)21-26-14-6-8-16-29-26/h1-6,8,10-14,16H,7,9,15,17-22H2. The quantitative estimate of drug-likeness (QED) is 0.611. The first-order valence-corrected chi connectivity index (χ1v) is 11.8. The Kier molecular flexibility index (Phi) is 6.04. The van der Waals surface area contributed by atoms with E-state index in [4.69, 9.17) is 0 Å². The van der Waals surface area contributed by atoms with Gasteiger partial charge in [-0.3, -0.25) is 14.7 Å². The third kappa shape index (κ3) is 4.46. The summed E-state index contributed by atoms with van der Waals surface area (Å²) < 4.78 is 0. The van der Waals surface area contributed by atoms with Gasteiger partial charge in [0.15, 0.2) is 0 Å². The van der Waals surface area contributed by atoms with Crippen LogP contribution in [0.1, 0.15) is 41.6 Å². The number of nitrogens with zero attached hydrogens (tertiary/aromatic N) is 3. The molecular weight excluding hydrogens is 394 g/mol. The molecule has 0 aliphatic carbocycles. The Bertz CT molecular complexity index is 1050. The third-order valence-corrected chi connectivity index (χ3v) is 7.11. The molecular formula is C28H31N3O. The molecule has 1 saturated heterocycles. The van der Waals surface area contributed by atoms with Crippen LogP contribution in [0.2, 0.25) is 0 Å². The average Bonchev–Trinajstić information content (AvgIpc) is 2.99. The number of pyridine rings is 1. The zero-order valence-corrected chi connectivity index (χ0v) is 18.6. The first kappa shape index (κ1) is 20.9. The van der Waals surface area contributed by atoms with Gasteiger partial charge in [-0.2, -0.15) is 0 Å². The lowest BCUT2D eigenvalue weighted by Gasteiger charge is -2.48. The van der Waals surface area contributed by atoms with Crippen molar-refractivity contribution >= 4 is 5.91 Å². The maximum absolute atomic E-state index is 13.5. The van der Waals surface area contributed by atoms with Crippen LogP contribution < -0.4 is 0 Å². The fraction of sp³-hybridized carbons (Fsp3) is 0.357. The Labute approximate surface area is 190 Å². The first-order chi connectivity index (χ1) is 15.7. The third-order valence-electron chi connectivity index (χ3n) is 7.11. The van der Waals surface area contributed by atoms with Crippen molar-refractivity contribution in [2.24, 2.45) is 0 Å². The van der Waals surface area contributed by atoms with Crippen molar-refractivity contribution in [3.8, 4) is 0 Å². The lowest BCUT2D eigenvalue weighted by atomic mass is 9.80. The van der Waals surface area contributed by atoms with Crippen LogP contribution in [0, 0.1) is 0 Å². The zero-order valence-electron chi connectivity index (χ0n) is 18.6. The van der Waals surface area contributed by atoms with Gasteiger partial charge in [0.1, 0.15) is 0 Å². The minimum atomic E-state index is -0.0469. The van der Waals surface area contributed by atoms with E-state index in [1.54, 1.807) is 0 Å². The van der Waals surface area contributed by atoms with Crippen LogP contribution >= 0.6 is 0 Å². The van der Waals surface area contributed by atoms with Gasteiger partial charge in [-0.05, 0) is 54.6 Å². The topological polar surface area (TPSA) is 36.4 Å². The molecule has 1 fully saturated rings. The number of carbonyl (C=O) groups excluding carboxylic acids is 1. The summed E-state index contributed by atoms with van der Waals surface area (Å²) >= 11 is 0. The van der Waals surface area contributed by atoms with Gasteiger partial charge in [0.25, 0.3) is 0 Å². The molecule has 0 radical (unpaired) electrons. The van der Waals surface area contributed by atoms with Crippen molar-refractivity contribution in [1.29, 1.82) is 0 Å². The summed E-state index contributed by atoms with van der Waals surface area (Å²) in [6.07, 6.45) is 6.85. The van der Waals surface area contributed by atoms with Crippen LogP contribution in [0.5, 0.6) is 0 Å². The van der Waals surface area contributed by atoms with E-state index in [0.717, 1.165) is 43.7 Å². The lowest BCUT2D eigenvalue weighted by Crippen LogP contribution is -2.58. The summed E-state index contributed by atoms with van der Waals surface area (Å²) in [5.41, 5.74) is 4.81. The molecule has 0 saturated carbocycles. The van der Waals surface area contributed by atoms with E-state index < -0.39 is 0 Å². The van der Waals surface area contributed by atoms with E-state index in [0.29, 0.717) is 13.0 Å². The molecule has 1 amide bonds. The van der Waals surface area contributed by atoms with Crippen LogP contribution in [-0.4, -0.2) is 39.3 Å². The van der Waals surface area contributed by atoms with E-state index in [1.807, 2.05) is 42.6 Å². The maximum Gasteiger partial charge on any atom is 0.227 e. The van der Waals surface area contributed by atoms with Crippen molar-refractivity contribution < 1.29 is 4.79 Å². The number of aromatic nitrogens is 1. The predicted octanol–water partition coefficient (Wildman–Crippen LogP) is 4.63. The monoisotopic (exact) mass is 425 g/mol. The van der Waals surface area contributed by atoms with Gasteiger partial charge in [-0.1, -0.05) is 67.1 Å². The summed E-state index contributed by atoms with van der Waals surface area (Å²) in [6.45, 7) is 3.37. The van der Waals surface area contributed by atoms with E-state index in [1.165, 1.54) is 24.0 Å². The van der Waals surface area contributed by atoms with Gasteiger partial charge in [0, 0.05) is 31.4 Å². The molecule has 32 heavy (non-hydrogen) atoms. The highest BCUT2D eigenvalue weighted by molar-refractivity contribution is 5.79. The number of amides is 1. The largest absolute Gasteiger partial charge is 0.336 e. The second kappa shape index (κ2) is 9.25. The van der Waals surface area contributed by atoms with E-state index in [2.05, 4.69) is 51.2 Å². The summed E-state index contributed by atoms with van der Waals surface area (Å²) in [4.78, 5) is 22.9. The number of piperidine rings is 1. The minimum absolute atomic E-state index is 0.0469. The summed E-state index contributed by atoms with van der Waals surface area (Å²) in [5, 5.41) is 0. The lowest BCUT2D eigenvalue weighted by molar-refractivity contribution is -0.133. The number of hydrogen-bond donors (Lipinski definition) is 0. The van der Waals surface area contributed by atoms with E-state index >= 15 is 0 Å². The second-order valence-electron chi connectivity index (χ2n) is 9.28. The smallest absolute Gasteiger partial charge is 0.227 e. The van der Waals surface area contributed by atoms with Gasteiger partial charge < -0.3 is 4.90 Å². The number of hydrogen-bond acceptors (Lipinski definition) is 3. The molecule has 4 heteroatoms. The maximum atomic E-state index is 13.5. The van der Waals surface area contributed by atoms with Gasteiger partial charge in [-0.25, -0.2) is 0 Å². The van der Waals surface area contributed by atoms with Crippen molar-refractivity contribution in [3.05, 3.63) is 101 Å². The van der Waals surface area contributed by atoms with Crippen molar-refractivity contribution in [2.75, 3.05) is 13.1 Å². The van der Waals surface area contributed by atoms with Crippen LogP contribution in [0.3, 0.4) is 0 Å². The predicted molar refractivity (Wildman–Crippen MR) is 127 cm³/mol. The molecule has 164 valence electrons. The van der Waals surface area contributed by atoms with Gasteiger partial charge in [0.05, 0.1) is 12.1 Å². The summed E-state index contributed by atoms with van der Waals surface area (Å²) in [5.74, 6) is 0.218. The van der Waals surface area contributed by atoms with E-state index in [-0.39, 0.29) is 11.4 Å². The normalized spacial score (nSPS) is 21.2. The van der Waals surface area contributed by atoms with Crippen molar-refractivity contribution in [3.63, 3.8) is 0 Å². The van der Waals surface area contributed by atoms with Gasteiger partial charge in [-0.15, -0.1) is 0 Å². The zero-order chi connectivity index (χ0) is 21.8. The summed E-state index contributed by atoms with van der Waals surface area (Å²) in [6, 6.07) is 25.0. The van der Waals surface area contributed by atoms with Crippen LogP contribution in [0.25, 0.3) is 0 Å². The fourth-order valence-electron chi connectivity index (χ4n) is 5.44. The number of carbonyl (C=O) groups is 1. The van der Waals surface area contributed by atoms with Crippen LogP contribution in [0.4, 0.5) is 0 Å². The number of fused-ring (bicyclic) bond motifs is 1. The Morgan fingerprint density at radius 3 is 2.50 bits per heavy atom. The number of benzene rings is 2. The first-order valence-electron chi connectivity index (χ1n) is 11.8. The Hall–Kier alpha value is -2.98. The molecule has 0 N–H and O–H groups in total. The van der Waals surface area contributed by atoms with Crippen LogP contribution in [-0.2, 0) is 30.7 Å². The average molecular weight is 426 g/mol. The molecule has 4 nitrogen and oxygen atoms in total. The molecule has 2 aliphatic rings. The molecule has 3 aromatic rings. The Morgan fingerprint density at radius 1 is 0.906 bits per heavy atom. The van der Waals surface area contributed by atoms with Crippen LogP contribution in [0.15, 0.2) is 79.0 Å². The highest BCUT2D eigenvalue weighted by Crippen LogP contribution is 2.37. The van der Waals surface area contributed by atoms with Gasteiger partial charge in [0.2, 0.25) is 5.91 Å². The van der Waals surface area contributed by atoms with Crippen molar-refractivity contribution in [2.45, 2.75) is 50.7 Å².